The zero-order valence-electron chi connectivity index (χ0n) is 19.7. The van der Waals surface area contributed by atoms with Gasteiger partial charge >= 0.3 is 0 Å². The quantitative estimate of drug-likeness (QED) is 0.449. The molecule has 0 unspecified atom stereocenters. The van der Waals surface area contributed by atoms with Gasteiger partial charge in [-0.2, -0.15) is 4.31 Å². The molecule has 0 aliphatic carbocycles. The summed E-state index contributed by atoms with van der Waals surface area (Å²) in [6.45, 7) is 1.25. The van der Waals surface area contributed by atoms with E-state index in [-0.39, 0.29) is 27.0 Å². The third kappa shape index (κ3) is 6.13. The third-order valence-electron chi connectivity index (χ3n) is 6.10. The molecule has 1 fully saturated rings. The maximum absolute atomic E-state index is 13.2. The first kappa shape index (κ1) is 25.9. The zero-order chi connectivity index (χ0) is 25.5. The van der Waals surface area contributed by atoms with Crippen LogP contribution in [0, 0.1) is 0 Å². The third-order valence-corrected chi connectivity index (χ3v) is 8.33. The number of para-hydroxylation sites is 1. The van der Waals surface area contributed by atoms with Crippen LogP contribution in [0.25, 0.3) is 0 Å². The lowest BCUT2D eigenvalue weighted by Gasteiger charge is -2.20. The van der Waals surface area contributed by atoms with Gasteiger partial charge in [0.1, 0.15) is 0 Å². The summed E-state index contributed by atoms with van der Waals surface area (Å²) in [4.78, 5) is 26.0. The Kier molecular flexibility index (Phi) is 8.40. The molecule has 1 aliphatic rings. The van der Waals surface area contributed by atoms with E-state index in [0.29, 0.717) is 25.3 Å². The number of nitrogens with zero attached hydrogens (tertiary/aromatic N) is 1. The van der Waals surface area contributed by atoms with Crippen molar-refractivity contribution in [2.75, 3.05) is 18.4 Å². The van der Waals surface area contributed by atoms with Crippen LogP contribution in [0.5, 0.6) is 0 Å². The monoisotopic (exact) mass is 525 g/mol. The Hall–Kier alpha value is -3.20. The number of hydrogen-bond acceptors (Lipinski definition) is 4. The predicted octanol–water partition coefficient (Wildman–Crippen LogP) is 5.09. The van der Waals surface area contributed by atoms with Gasteiger partial charge in [0.25, 0.3) is 11.8 Å². The molecule has 3 aromatic carbocycles. The smallest absolute Gasteiger partial charge is 0.257 e. The number of rotatable bonds is 7. The van der Waals surface area contributed by atoms with Crippen molar-refractivity contribution >= 4 is 39.1 Å². The minimum atomic E-state index is -3.76. The van der Waals surface area contributed by atoms with E-state index in [0.717, 1.165) is 31.2 Å². The molecule has 0 bridgehead atoms. The molecule has 2 N–H and O–H groups in total. The summed E-state index contributed by atoms with van der Waals surface area (Å²) in [7, 11) is -3.76. The first-order valence-corrected chi connectivity index (χ1v) is 13.7. The standard InChI is InChI=1S/C27H28ClN3O4S/c28-24-15-14-21(36(34,35)31-16-8-1-2-9-17-31)18-23(24)27(33)30-25-13-7-6-12-22(25)26(32)29-19-20-10-4-3-5-11-20/h3-7,10-15,18H,1-2,8-9,16-17,19H2,(H,29,32)(H,30,33). The lowest BCUT2D eigenvalue weighted by atomic mass is 10.1. The van der Waals surface area contributed by atoms with E-state index < -0.39 is 15.9 Å². The average molecular weight is 526 g/mol. The fraction of sp³-hybridized carbons (Fsp3) is 0.259. The highest BCUT2D eigenvalue weighted by molar-refractivity contribution is 7.89. The van der Waals surface area contributed by atoms with E-state index in [9.17, 15) is 18.0 Å². The molecule has 0 saturated carbocycles. The number of hydrogen-bond donors (Lipinski definition) is 2. The van der Waals surface area contributed by atoms with Crippen LogP contribution in [0.1, 0.15) is 52.0 Å². The fourth-order valence-electron chi connectivity index (χ4n) is 4.12. The molecule has 1 aliphatic heterocycles. The normalized spacial score (nSPS) is 14.6. The van der Waals surface area contributed by atoms with Crippen LogP contribution in [0.3, 0.4) is 0 Å². The van der Waals surface area contributed by atoms with Crippen LogP contribution < -0.4 is 10.6 Å². The molecule has 0 aromatic heterocycles. The van der Waals surface area contributed by atoms with E-state index >= 15 is 0 Å². The number of halogens is 1. The highest BCUT2D eigenvalue weighted by Gasteiger charge is 2.27. The Balaban J connectivity index is 1.53. The van der Waals surface area contributed by atoms with Crippen molar-refractivity contribution in [3.05, 3.63) is 94.5 Å². The second-order valence-corrected chi connectivity index (χ2v) is 11.0. The van der Waals surface area contributed by atoms with Crippen LogP contribution in [-0.2, 0) is 16.6 Å². The van der Waals surface area contributed by atoms with Crippen molar-refractivity contribution in [3.63, 3.8) is 0 Å². The maximum atomic E-state index is 13.2. The first-order chi connectivity index (χ1) is 17.4. The van der Waals surface area contributed by atoms with Crippen LogP contribution in [0.2, 0.25) is 5.02 Å². The number of anilines is 1. The molecule has 36 heavy (non-hydrogen) atoms. The van der Waals surface area contributed by atoms with Crippen molar-refractivity contribution in [1.82, 2.24) is 9.62 Å². The number of nitrogens with one attached hydrogen (secondary N) is 2. The minimum Gasteiger partial charge on any atom is -0.348 e. The van der Waals surface area contributed by atoms with Crippen molar-refractivity contribution < 1.29 is 18.0 Å². The van der Waals surface area contributed by atoms with Crippen LogP contribution >= 0.6 is 11.6 Å². The number of carbonyl (C=O) groups is 2. The Labute approximate surface area is 216 Å². The molecule has 1 saturated heterocycles. The molecule has 3 aromatic rings. The molecule has 9 heteroatoms. The first-order valence-electron chi connectivity index (χ1n) is 11.9. The van der Waals surface area contributed by atoms with Gasteiger partial charge in [-0.15, -0.1) is 0 Å². The second kappa shape index (κ2) is 11.7. The van der Waals surface area contributed by atoms with E-state index in [2.05, 4.69) is 10.6 Å². The number of carbonyl (C=O) groups excluding carboxylic acids is 2. The lowest BCUT2D eigenvalue weighted by Crippen LogP contribution is -2.32. The van der Waals surface area contributed by atoms with Crippen LogP contribution in [-0.4, -0.2) is 37.6 Å². The summed E-state index contributed by atoms with van der Waals surface area (Å²) in [6.07, 6.45) is 3.61. The Bertz CT molecular complexity index is 1340. The Morgan fingerprint density at radius 2 is 1.47 bits per heavy atom. The summed E-state index contributed by atoms with van der Waals surface area (Å²) in [5.41, 5.74) is 1.55. The van der Waals surface area contributed by atoms with E-state index in [1.54, 1.807) is 24.3 Å². The summed E-state index contributed by atoms with van der Waals surface area (Å²) in [5, 5.41) is 5.69. The van der Waals surface area contributed by atoms with Gasteiger partial charge in [-0.1, -0.05) is 66.9 Å². The van der Waals surface area contributed by atoms with Crippen molar-refractivity contribution in [3.8, 4) is 0 Å². The molecule has 7 nitrogen and oxygen atoms in total. The van der Waals surface area contributed by atoms with Gasteiger partial charge in [-0.25, -0.2) is 8.42 Å². The average Bonchev–Trinajstić information content (AvgIpc) is 3.19. The van der Waals surface area contributed by atoms with Gasteiger partial charge < -0.3 is 10.6 Å². The zero-order valence-corrected chi connectivity index (χ0v) is 21.3. The highest BCUT2D eigenvalue weighted by Crippen LogP contribution is 2.26. The lowest BCUT2D eigenvalue weighted by molar-refractivity contribution is 0.0951. The molecule has 0 spiro atoms. The van der Waals surface area contributed by atoms with E-state index in [1.807, 2.05) is 30.3 Å². The molecule has 1 heterocycles. The largest absolute Gasteiger partial charge is 0.348 e. The molecular weight excluding hydrogens is 498 g/mol. The van der Waals surface area contributed by atoms with Gasteiger partial charge in [0.15, 0.2) is 0 Å². The SMILES string of the molecule is O=C(Nc1ccccc1C(=O)NCc1ccccc1)c1cc(S(=O)(=O)N2CCCCCC2)ccc1Cl. The number of amides is 2. The topological polar surface area (TPSA) is 95.6 Å². The maximum Gasteiger partial charge on any atom is 0.257 e. The van der Waals surface area contributed by atoms with Gasteiger partial charge in [0, 0.05) is 19.6 Å². The molecule has 4 rings (SSSR count). The fourth-order valence-corrected chi connectivity index (χ4v) is 5.87. The summed E-state index contributed by atoms with van der Waals surface area (Å²) < 4.78 is 27.9. The van der Waals surface area contributed by atoms with Crippen LogP contribution in [0.4, 0.5) is 5.69 Å². The van der Waals surface area contributed by atoms with Crippen LogP contribution in [0.15, 0.2) is 77.7 Å². The van der Waals surface area contributed by atoms with Crippen molar-refractivity contribution in [2.24, 2.45) is 0 Å². The number of sulfonamides is 1. The second-order valence-electron chi connectivity index (χ2n) is 8.63. The van der Waals surface area contributed by atoms with Gasteiger partial charge in [-0.3, -0.25) is 9.59 Å². The molecule has 188 valence electrons. The number of benzene rings is 3. The van der Waals surface area contributed by atoms with Crippen molar-refractivity contribution in [2.45, 2.75) is 37.1 Å². The van der Waals surface area contributed by atoms with E-state index in [1.165, 1.54) is 22.5 Å². The minimum absolute atomic E-state index is 0.0204. The summed E-state index contributed by atoms with van der Waals surface area (Å²) in [5.74, 6) is -0.949. The Morgan fingerprint density at radius 3 is 2.19 bits per heavy atom. The molecule has 2 amide bonds. The van der Waals surface area contributed by atoms with Gasteiger partial charge in [0.05, 0.1) is 26.7 Å². The predicted molar refractivity (Wildman–Crippen MR) is 141 cm³/mol. The van der Waals surface area contributed by atoms with Gasteiger partial charge in [-0.05, 0) is 48.7 Å². The Morgan fingerprint density at radius 1 is 0.806 bits per heavy atom. The van der Waals surface area contributed by atoms with E-state index in [4.69, 9.17) is 11.6 Å². The molecule has 0 radical (unpaired) electrons. The van der Waals surface area contributed by atoms with Crippen molar-refractivity contribution in [1.29, 1.82) is 0 Å². The van der Waals surface area contributed by atoms with Gasteiger partial charge in [0.2, 0.25) is 10.0 Å². The highest BCUT2D eigenvalue weighted by atomic mass is 35.5. The summed E-state index contributed by atoms with van der Waals surface area (Å²) in [6, 6.07) is 20.3. The molecular formula is C27H28ClN3O4S. The summed E-state index contributed by atoms with van der Waals surface area (Å²) >= 11 is 6.29. The molecule has 0 atom stereocenters.